The molecule has 3 rings (SSSR count). The van der Waals surface area contributed by atoms with Crippen LogP contribution in [-0.4, -0.2) is 37.1 Å². The van der Waals surface area contributed by atoms with E-state index in [9.17, 15) is 4.39 Å². The van der Waals surface area contributed by atoms with Crippen LogP contribution >= 0.6 is 0 Å². The van der Waals surface area contributed by atoms with Crippen LogP contribution in [0.2, 0.25) is 0 Å². The first kappa shape index (κ1) is 15.3. The summed E-state index contributed by atoms with van der Waals surface area (Å²) in [6, 6.07) is 7.87. The molecule has 2 aliphatic rings. The van der Waals surface area contributed by atoms with Crippen LogP contribution in [0, 0.1) is 5.82 Å². The third-order valence-corrected chi connectivity index (χ3v) is 4.31. The fourth-order valence-corrected chi connectivity index (χ4v) is 3.29. The van der Waals surface area contributed by atoms with Crippen molar-refractivity contribution in [2.45, 2.75) is 45.6 Å². The highest BCUT2D eigenvalue weighted by Gasteiger charge is 2.27. The Morgan fingerprint density at radius 2 is 1.55 bits per heavy atom. The Labute approximate surface area is 122 Å². The molecule has 20 heavy (non-hydrogen) atoms. The normalized spacial score (nSPS) is 20.6. The summed E-state index contributed by atoms with van der Waals surface area (Å²) in [7, 11) is 0. The number of rotatable bonds is 2. The monoisotopic (exact) mass is 278 g/mol. The van der Waals surface area contributed by atoms with Gasteiger partial charge in [-0.1, -0.05) is 26.0 Å². The van der Waals surface area contributed by atoms with E-state index in [0.717, 1.165) is 24.8 Å². The molecule has 1 aromatic rings. The zero-order chi connectivity index (χ0) is 14.4. The molecule has 0 bridgehead atoms. The van der Waals surface area contributed by atoms with E-state index in [0.29, 0.717) is 0 Å². The molecule has 1 aromatic carbocycles. The molecule has 0 amide bonds. The molecule has 0 radical (unpaired) electrons. The molecular formula is C17H27FN2. The number of hydrogen-bond donors (Lipinski definition) is 0. The summed E-state index contributed by atoms with van der Waals surface area (Å²) >= 11 is 0. The van der Waals surface area contributed by atoms with Gasteiger partial charge in [0.1, 0.15) is 5.82 Å². The maximum absolute atomic E-state index is 13.7. The Hall–Kier alpha value is -1.09. The van der Waals surface area contributed by atoms with Gasteiger partial charge in [0.25, 0.3) is 0 Å². The highest BCUT2D eigenvalue weighted by atomic mass is 19.1. The van der Waals surface area contributed by atoms with E-state index < -0.39 is 0 Å². The van der Waals surface area contributed by atoms with Gasteiger partial charge in [-0.05, 0) is 50.9 Å². The molecule has 0 aromatic heterocycles. The lowest BCUT2D eigenvalue weighted by Crippen LogP contribution is -2.44. The topological polar surface area (TPSA) is 6.48 Å². The summed E-state index contributed by atoms with van der Waals surface area (Å²) in [6.45, 7) is 8.51. The highest BCUT2D eigenvalue weighted by molar-refractivity contribution is 5.47. The minimum Gasteiger partial charge on any atom is -0.369 e. The molecule has 0 unspecified atom stereocenters. The molecule has 2 saturated heterocycles. The lowest BCUT2D eigenvalue weighted by molar-refractivity contribution is 0.207. The molecule has 2 heterocycles. The van der Waals surface area contributed by atoms with E-state index in [1.165, 1.54) is 38.8 Å². The SMILES string of the molecule is CC.Fc1ccccc1N1CCC(N2CCCC2)CC1. The predicted molar refractivity (Wildman–Crippen MR) is 83.8 cm³/mol. The summed E-state index contributed by atoms with van der Waals surface area (Å²) in [5, 5.41) is 0. The number of likely N-dealkylation sites (tertiary alicyclic amines) is 1. The number of halogens is 1. The first-order valence-corrected chi connectivity index (χ1v) is 8.08. The summed E-state index contributed by atoms with van der Waals surface area (Å²) < 4.78 is 13.7. The third kappa shape index (κ3) is 3.51. The van der Waals surface area contributed by atoms with Crippen molar-refractivity contribution < 1.29 is 4.39 Å². The first-order valence-electron chi connectivity index (χ1n) is 8.08. The fraction of sp³-hybridized carbons (Fsp3) is 0.647. The largest absolute Gasteiger partial charge is 0.369 e. The van der Waals surface area contributed by atoms with Crippen molar-refractivity contribution >= 4 is 5.69 Å². The Morgan fingerprint density at radius 1 is 0.950 bits per heavy atom. The average molecular weight is 278 g/mol. The minimum atomic E-state index is -0.0860. The van der Waals surface area contributed by atoms with Gasteiger partial charge in [-0.15, -0.1) is 0 Å². The third-order valence-electron chi connectivity index (χ3n) is 4.31. The van der Waals surface area contributed by atoms with E-state index in [-0.39, 0.29) is 5.82 Å². The van der Waals surface area contributed by atoms with Gasteiger partial charge in [-0.3, -0.25) is 0 Å². The quantitative estimate of drug-likeness (QED) is 0.809. The maximum atomic E-state index is 13.7. The number of benzene rings is 1. The molecule has 2 aliphatic heterocycles. The Kier molecular flexibility index (Phi) is 5.84. The van der Waals surface area contributed by atoms with Crippen molar-refractivity contribution in [2.75, 3.05) is 31.1 Å². The van der Waals surface area contributed by atoms with Crippen LogP contribution in [0.4, 0.5) is 10.1 Å². The van der Waals surface area contributed by atoms with Gasteiger partial charge in [0.05, 0.1) is 5.69 Å². The second-order valence-corrected chi connectivity index (χ2v) is 5.41. The lowest BCUT2D eigenvalue weighted by atomic mass is 10.0. The molecule has 0 saturated carbocycles. The predicted octanol–water partition coefficient (Wildman–Crippen LogP) is 3.92. The van der Waals surface area contributed by atoms with Gasteiger partial charge in [0, 0.05) is 19.1 Å². The number of nitrogens with zero attached hydrogens (tertiary/aromatic N) is 2. The molecule has 3 heteroatoms. The molecule has 112 valence electrons. The Balaban J connectivity index is 0.000000704. The van der Waals surface area contributed by atoms with Crippen molar-refractivity contribution in [1.29, 1.82) is 0 Å². The summed E-state index contributed by atoms with van der Waals surface area (Å²) in [5.74, 6) is -0.0860. The fourth-order valence-electron chi connectivity index (χ4n) is 3.29. The van der Waals surface area contributed by atoms with E-state index in [1.807, 2.05) is 26.0 Å². The van der Waals surface area contributed by atoms with Gasteiger partial charge in [0.15, 0.2) is 0 Å². The number of piperidine rings is 1. The second kappa shape index (κ2) is 7.63. The van der Waals surface area contributed by atoms with Crippen LogP contribution in [0.25, 0.3) is 0 Å². The van der Waals surface area contributed by atoms with Crippen LogP contribution in [0.15, 0.2) is 24.3 Å². The van der Waals surface area contributed by atoms with E-state index in [4.69, 9.17) is 0 Å². The van der Waals surface area contributed by atoms with Crippen LogP contribution in [0.5, 0.6) is 0 Å². The van der Waals surface area contributed by atoms with Gasteiger partial charge in [-0.25, -0.2) is 4.39 Å². The van der Waals surface area contributed by atoms with Crippen LogP contribution < -0.4 is 4.90 Å². The van der Waals surface area contributed by atoms with E-state index in [2.05, 4.69) is 9.80 Å². The molecule has 2 nitrogen and oxygen atoms in total. The van der Waals surface area contributed by atoms with Crippen LogP contribution in [-0.2, 0) is 0 Å². The number of para-hydroxylation sites is 1. The molecule has 0 N–H and O–H groups in total. The minimum absolute atomic E-state index is 0.0860. The maximum Gasteiger partial charge on any atom is 0.146 e. The van der Waals surface area contributed by atoms with Crippen molar-refractivity contribution in [1.82, 2.24) is 4.90 Å². The summed E-state index contributed by atoms with van der Waals surface area (Å²) in [5.41, 5.74) is 0.775. The van der Waals surface area contributed by atoms with Crippen molar-refractivity contribution in [3.05, 3.63) is 30.1 Å². The molecule has 0 atom stereocenters. The Morgan fingerprint density at radius 3 is 2.15 bits per heavy atom. The molecule has 0 aliphatic carbocycles. The Bertz CT molecular complexity index is 394. The zero-order valence-electron chi connectivity index (χ0n) is 12.8. The van der Waals surface area contributed by atoms with Gasteiger partial charge >= 0.3 is 0 Å². The molecule has 0 spiro atoms. The second-order valence-electron chi connectivity index (χ2n) is 5.41. The van der Waals surface area contributed by atoms with Gasteiger partial charge in [-0.2, -0.15) is 0 Å². The number of anilines is 1. The van der Waals surface area contributed by atoms with Crippen molar-refractivity contribution in [3.8, 4) is 0 Å². The van der Waals surface area contributed by atoms with Gasteiger partial charge < -0.3 is 9.80 Å². The van der Waals surface area contributed by atoms with Crippen LogP contribution in [0.1, 0.15) is 39.5 Å². The smallest absolute Gasteiger partial charge is 0.146 e. The standard InChI is InChI=1S/C15H21FN2.C2H6/c16-14-5-1-2-6-15(14)18-11-7-13(8-12-18)17-9-3-4-10-17;1-2/h1-2,5-6,13H,3-4,7-12H2;1-2H3. The zero-order valence-corrected chi connectivity index (χ0v) is 12.8. The van der Waals surface area contributed by atoms with Gasteiger partial charge in [0.2, 0.25) is 0 Å². The molecule has 2 fully saturated rings. The summed E-state index contributed by atoms with van der Waals surface area (Å²) in [4.78, 5) is 4.82. The number of hydrogen-bond acceptors (Lipinski definition) is 2. The highest BCUT2D eigenvalue weighted by Crippen LogP contribution is 2.26. The van der Waals surface area contributed by atoms with Crippen LogP contribution in [0.3, 0.4) is 0 Å². The van der Waals surface area contributed by atoms with Crippen molar-refractivity contribution in [3.63, 3.8) is 0 Å². The van der Waals surface area contributed by atoms with E-state index >= 15 is 0 Å². The van der Waals surface area contributed by atoms with E-state index in [1.54, 1.807) is 12.1 Å². The first-order chi connectivity index (χ1) is 9.84. The molecular weight excluding hydrogens is 251 g/mol. The lowest BCUT2D eigenvalue weighted by Gasteiger charge is -2.37. The van der Waals surface area contributed by atoms with Crippen molar-refractivity contribution in [2.24, 2.45) is 0 Å². The average Bonchev–Trinajstić information content (AvgIpc) is 3.04. The summed E-state index contributed by atoms with van der Waals surface area (Å²) in [6.07, 6.45) is 5.06.